The van der Waals surface area contributed by atoms with Crippen molar-refractivity contribution >= 4 is 15.9 Å². The molecule has 1 radical (unpaired) electrons. The summed E-state index contributed by atoms with van der Waals surface area (Å²) >= 11 is 3.08. The van der Waals surface area contributed by atoms with Gasteiger partial charge in [-0.15, -0.1) is 0 Å². The molecule has 0 aliphatic carbocycles. The van der Waals surface area contributed by atoms with Crippen molar-refractivity contribution in [3.8, 4) is 0 Å². The Morgan fingerprint density at radius 1 is 2.00 bits per heavy atom. The minimum Gasteiger partial charge on any atom is -0.342 e. The molecule has 1 aromatic heterocycles. The smallest absolute Gasteiger partial charge is 0.133 e. The van der Waals surface area contributed by atoms with E-state index in [1.54, 1.807) is 6.33 Å². The average Bonchev–Trinajstić information content (AvgIpc) is 1.86. The van der Waals surface area contributed by atoms with Crippen molar-refractivity contribution in [3.63, 3.8) is 0 Å². The zero-order valence-corrected chi connectivity index (χ0v) is 4.49. The van der Waals surface area contributed by atoms with Gasteiger partial charge in [0, 0.05) is 0 Å². The van der Waals surface area contributed by atoms with E-state index < -0.39 is 0 Å². The topological polar surface area (TPSA) is 28.7 Å². The first kappa shape index (κ1) is 3.87. The molecule has 0 saturated carbocycles. The van der Waals surface area contributed by atoms with Crippen LogP contribution in [0.5, 0.6) is 0 Å². The molecule has 0 fully saturated rings. The average molecular weight is 146 g/mol. The molecule has 0 aromatic carbocycles. The van der Waals surface area contributed by atoms with Gasteiger partial charge in [0.25, 0.3) is 0 Å². The van der Waals surface area contributed by atoms with E-state index in [0.29, 0.717) is 0 Å². The number of nitrogens with one attached hydrogen (secondary N) is 1. The molecule has 6 heavy (non-hydrogen) atoms. The lowest BCUT2D eigenvalue weighted by molar-refractivity contribution is 1.30. The van der Waals surface area contributed by atoms with E-state index >= 15 is 0 Å². The monoisotopic (exact) mass is 145 g/mol. The van der Waals surface area contributed by atoms with E-state index in [1.165, 1.54) is 0 Å². The van der Waals surface area contributed by atoms with E-state index in [0.717, 1.165) is 4.60 Å². The number of imidazole rings is 1. The van der Waals surface area contributed by atoms with Gasteiger partial charge in [-0.1, -0.05) is 0 Å². The molecule has 1 aromatic rings. The lowest BCUT2D eigenvalue weighted by Crippen LogP contribution is -1.50. The SMILES string of the molecule is Brc1[c][nH]cn1. The standard InChI is InChI=1S/C3H2BrN2/c4-3-1-5-2-6-3/h2H,(H,5,6). The van der Waals surface area contributed by atoms with Crippen LogP contribution < -0.4 is 0 Å². The Kier molecular flexibility index (Phi) is 0.919. The summed E-state index contributed by atoms with van der Waals surface area (Å²) in [5.74, 6) is 0. The third-order valence-corrected chi connectivity index (χ3v) is 0.821. The molecule has 1 heterocycles. The normalized spacial score (nSPS) is 8.83. The molecule has 0 unspecified atom stereocenters. The van der Waals surface area contributed by atoms with Crippen LogP contribution in [0.4, 0.5) is 0 Å². The molecule has 0 aliphatic rings. The lowest BCUT2D eigenvalue weighted by Gasteiger charge is -1.59. The van der Waals surface area contributed by atoms with Crippen molar-refractivity contribution in [1.29, 1.82) is 0 Å². The highest BCUT2D eigenvalue weighted by Crippen LogP contribution is 1.97. The van der Waals surface area contributed by atoms with Gasteiger partial charge in [0.2, 0.25) is 0 Å². The Bertz CT molecular complexity index is 112. The van der Waals surface area contributed by atoms with Gasteiger partial charge in [-0.05, 0) is 15.9 Å². The first-order valence-corrected chi connectivity index (χ1v) is 2.25. The summed E-state index contributed by atoms with van der Waals surface area (Å²) in [7, 11) is 0. The van der Waals surface area contributed by atoms with Crippen LogP contribution in [0, 0.1) is 6.20 Å². The molecule has 0 bridgehead atoms. The van der Waals surface area contributed by atoms with Crippen LogP contribution in [0.2, 0.25) is 0 Å². The number of nitrogens with zero attached hydrogens (tertiary/aromatic N) is 1. The molecular weight excluding hydrogens is 144 g/mol. The summed E-state index contributed by atoms with van der Waals surface area (Å²) in [6.45, 7) is 0. The number of hydrogen-bond donors (Lipinski definition) is 1. The third-order valence-electron chi connectivity index (χ3n) is 0.418. The summed E-state index contributed by atoms with van der Waals surface area (Å²) in [5, 5.41) is 0. The summed E-state index contributed by atoms with van der Waals surface area (Å²) in [4.78, 5) is 6.37. The Morgan fingerprint density at radius 3 is 3.00 bits per heavy atom. The Labute approximate surface area is 43.7 Å². The van der Waals surface area contributed by atoms with Crippen LogP contribution in [0.25, 0.3) is 0 Å². The van der Waals surface area contributed by atoms with E-state index in [2.05, 4.69) is 32.1 Å². The van der Waals surface area contributed by atoms with Gasteiger partial charge in [0.05, 0.1) is 12.5 Å². The number of halogens is 1. The van der Waals surface area contributed by atoms with Crippen LogP contribution >= 0.6 is 15.9 Å². The Hall–Kier alpha value is -0.310. The second kappa shape index (κ2) is 1.43. The molecule has 2 nitrogen and oxygen atoms in total. The molecule has 0 saturated heterocycles. The van der Waals surface area contributed by atoms with E-state index in [9.17, 15) is 0 Å². The Balaban J connectivity index is 3.05. The molecule has 0 atom stereocenters. The third kappa shape index (κ3) is 0.597. The molecule has 0 spiro atoms. The highest BCUT2D eigenvalue weighted by Gasteiger charge is 1.78. The van der Waals surface area contributed by atoms with E-state index in [-0.39, 0.29) is 0 Å². The van der Waals surface area contributed by atoms with Crippen molar-refractivity contribution in [2.24, 2.45) is 0 Å². The van der Waals surface area contributed by atoms with Crippen molar-refractivity contribution in [2.45, 2.75) is 0 Å². The number of H-pyrrole nitrogens is 1. The van der Waals surface area contributed by atoms with Crippen LogP contribution in [0.3, 0.4) is 0 Å². The van der Waals surface area contributed by atoms with Crippen LogP contribution in [0.15, 0.2) is 10.9 Å². The van der Waals surface area contributed by atoms with E-state index in [4.69, 9.17) is 0 Å². The first-order valence-electron chi connectivity index (χ1n) is 1.46. The van der Waals surface area contributed by atoms with Crippen LogP contribution in [-0.2, 0) is 0 Å². The van der Waals surface area contributed by atoms with Gasteiger partial charge >= 0.3 is 0 Å². The van der Waals surface area contributed by atoms with Gasteiger partial charge < -0.3 is 4.98 Å². The number of hydrogen-bond acceptors (Lipinski definition) is 1. The second-order valence-corrected chi connectivity index (χ2v) is 1.57. The molecule has 0 aliphatic heterocycles. The fourth-order valence-corrected chi connectivity index (χ4v) is 0.430. The molecule has 1 N–H and O–H groups in total. The predicted octanol–water partition coefficient (Wildman–Crippen LogP) is 0.972. The van der Waals surface area contributed by atoms with Crippen molar-refractivity contribution in [2.75, 3.05) is 0 Å². The van der Waals surface area contributed by atoms with Gasteiger partial charge in [-0.3, -0.25) is 0 Å². The number of aromatic nitrogens is 2. The summed E-state index contributed by atoms with van der Waals surface area (Å²) in [6.07, 6.45) is 4.24. The molecule has 0 amide bonds. The van der Waals surface area contributed by atoms with Crippen molar-refractivity contribution in [1.82, 2.24) is 9.97 Å². The maximum atomic E-state index is 3.72. The fourth-order valence-electron chi connectivity index (χ4n) is 0.213. The zero-order chi connectivity index (χ0) is 4.41. The largest absolute Gasteiger partial charge is 0.342 e. The van der Waals surface area contributed by atoms with Gasteiger partial charge in [-0.2, -0.15) is 0 Å². The number of aromatic amines is 1. The quantitative estimate of drug-likeness (QED) is 0.580. The molecule has 31 valence electrons. The Morgan fingerprint density at radius 2 is 2.83 bits per heavy atom. The van der Waals surface area contributed by atoms with Crippen molar-refractivity contribution < 1.29 is 0 Å². The second-order valence-electron chi connectivity index (χ2n) is 0.818. The summed E-state index contributed by atoms with van der Waals surface area (Å²) in [5.41, 5.74) is 0. The minimum absolute atomic E-state index is 0.725. The maximum Gasteiger partial charge on any atom is 0.133 e. The molecular formula is C3H2BrN2. The lowest BCUT2D eigenvalue weighted by atomic mass is 11.0. The predicted molar refractivity (Wildman–Crippen MR) is 25.1 cm³/mol. The summed E-state index contributed by atoms with van der Waals surface area (Å²) < 4.78 is 0.725. The molecule has 3 heteroatoms. The zero-order valence-electron chi connectivity index (χ0n) is 2.90. The van der Waals surface area contributed by atoms with Gasteiger partial charge in [-0.25, -0.2) is 4.98 Å². The number of rotatable bonds is 0. The summed E-state index contributed by atoms with van der Waals surface area (Å²) in [6, 6.07) is 0. The minimum atomic E-state index is 0.725. The molecule has 1 rings (SSSR count). The van der Waals surface area contributed by atoms with Gasteiger partial charge in [0.1, 0.15) is 4.60 Å². The highest BCUT2D eigenvalue weighted by molar-refractivity contribution is 9.10. The highest BCUT2D eigenvalue weighted by atomic mass is 79.9. The first-order chi connectivity index (χ1) is 2.89. The van der Waals surface area contributed by atoms with Crippen LogP contribution in [0.1, 0.15) is 0 Å². The van der Waals surface area contributed by atoms with Crippen molar-refractivity contribution in [3.05, 3.63) is 17.1 Å². The fraction of sp³-hybridized carbons (Fsp3) is 0. The van der Waals surface area contributed by atoms with Gasteiger partial charge in [0.15, 0.2) is 0 Å². The maximum absolute atomic E-state index is 3.72. The van der Waals surface area contributed by atoms with Crippen LogP contribution in [-0.4, -0.2) is 9.97 Å². The van der Waals surface area contributed by atoms with E-state index in [1.807, 2.05) is 0 Å².